The lowest BCUT2D eigenvalue weighted by Crippen LogP contribution is -2.26. The number of rotatable bonds is 6. The van der Waals surface area contributed by atoms with Gasteiger partial charge in [-0.1, -0.05) is 53.7 Å². The zero-order valence-corrected chi connectivity index (χ0v) is 17.7. The molecule has 31 heavy (non-hydrogen) atoms. The second-order valence-corrected chi connectivity index (χ2v) is 7.91. The number of fused-ring (bicyclic) bond motifs is 1. The first-order valence-electron chi connectivity index (χ1n) is 10.6. The second kappa shape index (κ2) is 9.73. The van der Waals surface area contributed by atoms with Crippen molar-refractivity contribution in [3.05, 3.63) is 82.6 Å². The molecule has 1 aliphatic rings. The van der Waals surface area contributed by atoms with Gasteiger partial charge < -0.3 is 4.52 Å². The molecule has 2 heterocycles. The highest BCUT2D eigenvalue weighted by atomic mass is 16.5. The predicted octanol–water partition coefficient (Wildman–Crippen LogP) is 4.16. The minimum atomic E-state index is -0.528. The van der Waals surface area contributed by atoms with Crippen LogP contribution in [-0.2, 0) is 24.2 Å². The van der Waals surface area contributed by atoms with Crippen LogP contribution < -0.4 is 5.48 Å². The van der Waals surface area contributed by atoms with Crippen LogP contribution in [-0.4, -0.2) is 34.3 Å². The van der Waals surface area contributed by atoms with E-state index >= 15 is 0 Å². The molecule has 0 bridgehead atoms. The van der Waals surface area contributed by atoms with Crippen LogP contribution in [0.15, 0.2) is 59.1 Å². The maximum absolute atomic E-state index is 11.2. The van der Waals surface area contributed by atoms with Crippen LogP contribution in [0, 0.1) is 6.92 Å². The normalized spacial score (nSPS) is 14.4. The predicted molar refractivity (Wildman–Crippen MR) is 119 cm³/mol. The highest BCUT2D eigenvalue weighted by Gasteiger charge is 2.18. The van der Waals surface area contributed by atoms with Gasteiger partial charge in [-0.3, -0.25) is 14.9 Å². The van der Waals surface area contributed by atoms with Crippen molar-refractivity contribution in [2.24, 2.45) is 0 Å². The van der Waals surface area contributed by atoms with Crippen molar-refractivity contribution in [3.8, 4) is 11.3 Å². The Bertz CT molecular complexity index is 1070. The van der Waals surface area contributed by atoms with Crippen LogP contribution in [0.1, 0.15) is 34.4 Å². The number of carbonyl (C=O) groups excluding carboxylic acids is 1. The van der Waals surface area contributed by atoms with E-state index in [1.807, 2.05) is 31.2 Å². The third-order valence-electron chi connectivity index (χ3n) is 5.78. The van der Waals surface area contributed by atoms with E-state index in [-0.39, 0.29) is 0 Å². The van der Waals surface area contributed by atoms with E-state index in [1.165, 1.54) is 22.8 Å². The first-order valence-corrected chi connectivity index (χ1v) is 10.6. The monoisotopic (exact) mass is 417 g/mol. The van der Waals surface area contributed by atoms with Gasteiger partial charge in [-0.05, 0) is 55.5 Å². The highest BCUT2D eigenvalue weighted by Crippen LogP contribution is 2.27. The van der Waals surface area contributed by atoms with Gasteiger partial charge in [0, 0.05) is 30.3 Å². The number of benzene rings is 2. The molecule has 4 rings (SSSR count). The molecule has 160 valence electrons. The number of carbonyl (C=O) groups is 1. The summed E-state index contributed by atoms with van der Waals surface area (Å²) in [5, 5.41) is 12.8. The number of aromatic nitrogens is 1. The van der Waals surface area contributed by atoms with Gasteiger partial charge in [0.25, 0.3) is 5.91 Å². The van der Waals surface area contributed by atoms with Gasteiger partial charge in [0.1, 0.15) is 0 Å². The molecule has 1 aromatic heterocycles. The molecule has 0 radical (unpaired) electrons. The lowest BCUT2D eigenvalue weighted by Gasteiger charge is -2.20. The Balaban J connectivity index is 1.45. The van der Waals surface area contributed by atoms with Gasteiger partial charge >= 0.3 is 0 Å². The van der Waals surface area contributed by atoms with Crippen LogP contribution in [0.2, 0.25) is 0 Å². The Morgan fingerprint density at radius 2 is 2.06 bits per heavy atom. The maximum atomic E-state index is 11.2. The second-order valence-electron chi connectivity index (χ2n) is 7.91. The van der Waals surface area contributed by atoms with Crippen molar-refractivity contribution in [2.75, 3.05) is 13.1 Å². The molecular weight excluding hydrogens is 390 g/mol. The molecule has 0 saturated heterocycles. The maximum Gasteiger partial charge on any atom is 0.267 e. The van der Waals surface area contributed by atoms with Crippen LogP contribution in [0.5, 0.6) is 0 Å². The van der Waals surface area contributed by atoms with E-state index in [4.69, 9.17) is 9.73 Å². The molecule has 1 aliphatic heterocycles. The lowest BCUT2D eigenvalue weighted by atomic mass is 10.0. The molecule has 6 nitrogen and oxygen atoms in total. The van der Waals surface area contributed by atoms with E-state index in [0.29, 0.717) is 0 Å². The van der Waals surface area contributed by atoms with E-state index in [9.17, 15) is 4.79 Å². The molecule has 0 unspecified atom stereocenters. The summed E-state index contributed by atoms with van der Waals surface area (Å²) in [5.41, 5.74) is 8.42. The third kappa shape index (κ3) is 5.10. The van der Waals surface area contributed by atoms with Gasteiger partial charge in [-0.15, -0.1) is 0 Å². The quantitative estimate of drug-likeness (QED) is 0.358. The van der Waals surface area contributed by atoms with Crippen molar-refractivity contribution in [1.82, 2.24) is 15.5 Å². The minimum absolute atomic E-state index is 0.528. The molecule has 0 spiro atoms. The van der Waals surface area contributed by atoms with Crippen LogP contribution in [0.25, 0.3) is 17.4 Å². The number of nitrogens with zero attached hydrogens (tertiary/aromatic N) is 2. The standard InChI is InChI=1S/C25H27N3O3/c1-18-23(25(31-27-18)20-6-3-2-4-7-20)13-15-28-14-5-8-21-16-19(9-11-22(21)17-28)10-12-24(29)26-30/h2-4,6-7,9-12,16,30H,5,8,13-15,17H2,1H3,(H,26,29)/b12-10+. The van der Waals surface area contributed by atoms with Crippen LogP contribution in [0.4, 0.5) is 0 Å². The highest BCUT2D eigenvalue weighted by molar-refractivity contribution is 5.90. The Labute approximate surface area is 182 Å². The van der Waals surface area contributed by atoms with Gasteiger partial charge in [0.2, 0.25) is 0 Å². The SMILES string of the molecule is Cc1noc(-c2ccccc2)c1CCN1CCCc2cc(/C=C/C(=O)NO)ccc2C1. The summed E-state index contributed by atoms with van der Waals surface area (Å²) in [6.07, 6.45) is 6.04. The van der Waals surface area contributed by atoms with Crippen molar-refractivity contribution in [1.29, 1.82) is 0 Å². The number of hydroxylamine groups is 1. The summed E-state index contributed by atoms with van der Waals surface area (Å²) in [4.78, 5) is 13.7. The van der Waals surface area contributed by atoms with E-state index in [0.717, 1.165) is 61.5 Å². The van der Waals surface area contributed by atoms with Gasteiger partial charge in [-0.25, -0.2) is 5.48 Å². The van der Waals surface area contributed by atoms with E-state index < -0.39 is 5.91 Å². The molecule has 0 saturated carbocycles. The fourth-order valence-corrected chi connectivity index (χ4v) is 4.12. The number of hydrogen-bond acceptors (Lipinski definition) is 5. The lowest BCUT2D eigenvalue weighted by molar-refractivity contribution is -0.124. The van der Waals surface area contributed by atoms with Crippen molar-refractivity contribution in [2.45, 2.75) is 32.7 Å². The van der Waals surface area contributed by atoms with Crippen LogP contribution in [0.3, 0.4) is 0 Å². The summed E-state index contributed by atoms with van der Waals surface area (Å²) >= 11 is 0. The molecule has 0 fully saturated rings. The molecule has 6 heteroatoms. The summed E-state index contributed by atoms with van der Waals surface area (Å²) < 4.78 is 5.64. The number of nitrogens with one attached hydrogen (secondary N) is 1. The topological polar surface area (TPSA) is 78.6 Å². The Kier molecular flexibility index (Phi) is 6.60. The number of hydrogen-bond donors (Lipinski definition) is 2. The Hall–Kier alpha value is -3.22. The fraction of sp³-hybridized carbons (Fsp3) is 0.280. The summed E-state index contributed by atoms with van der Waals surface area (Å²) in [6, 6.07) is 16.4. The van der Waals surface area contributed by atoms with Gasteiger partial charge in [0.05, 0.1) is 5.69 Å². The molecule has 0 aliphatic carbocycles. The first-order chi connectivity index (χ1) is 15.1. The molecule has 2 N–H and O–H groups in total. The van der Waals surface area contributed by atoms with Crippen LogP contribution >= 0.6 is 0 Å². The molecular formula is C25H27N3O3. The smallest absolute Gasteiger partial charge is 0.267 e. The van der Waals surface area contributed by atoms with Crippen molar-refractivity contribution >= 4 is 12.0 Å². The van der Waals surface area contributed by atoms with Gasteiger partial charge in [0.15, 0.2) is 5.76 Å². The average Bonchev–Trinajstić information content (AvgIpc) is 3.04. The molecule has 3 aromatic rings. The molecule has 1 amide bonds. The average molecular weight is 418 g/mol. The minimum Gasteiger partial charge on any atom is -0.356 e. The third-order valence-corrected chi connectivity index (χ3v) is 5.78. The van der Waals surface area contributed by atoms with E-state index in [2.05, 4.69) is 34.3 Å². The molecule has 0 atom stereocenters. The largest absolute Gasteiger partial charge is 0.356 e. The Morgan fingerprint density at radius 1 is 1.23 bits per heavy atom. The molecule has 2 aromatic carbocycles. The number of aryl methyl sites for hydroxylation is 2. The first kappa shape index (κ1) is 21.0. The number of amides is 1. The van der Waals surface area contributed by atoms with E-state index in [1.54, 1.807) is 11.6 Å². The summed E-state index contributed by atoms with van der Waals surface area (Å²) in [7, 11) is 0. The fourth-order valence-electron chi connectivity index (χ4n) is 4.12. The summed E-state index contributed by atoms with van der Waals surface area (Å²) in [5.74, 6) is 0.344. The summed E-state index contributed by atoms with van der Waals surface area (Å²) in [6.45, 7) is 4.90. The zero-order chi connectivity index (χ0) is 21.6. The Morgan fingerprint density at radius 3 is 2.87 bits per heavy atom. The zero-order valence-electron chi connectivity index (χ0n) is 17.7. The van der Waals surface area contributed by atoms with Gasteiger partial charge in [-0.2, -0.15) is 0 Å². The van der Waals surface area contributed by atoms with Crippen molar-refractivity contribution in [3.63, 3.8) is 0 Å². The van der Waals surface area contributed by atoms with Crippen molar-refractivity contribution < 1.29 is 14.5 Å².